The van der Waals surface area contributed by atoms with Gasteiger partial charge in [0.05, 0.1) is 20.8 Å². The molecule has 40 heavy (non-hydrogen) atoms. The second-order valence-electron chi connectivity index (χ2n) is 7.93. The van der Waals surface area contributed by atoms with Gasteiger partial charge >= 0.3 is 19.7 Å². The molecular formula is C27H30NO9PS2. The summed E-state index contributed by atoms with van der Waals surface area (Å²) >= 11 is 2.18. The molecule has 0 bridgehead atoms. The third-order valence-corrected chi connectivity index (χ3v) is 7.78. The van der Waals surface area contributed by atoms with Gasteiger partial charge in [0.25, 0.3) is 0 Å². The van der Waals surface area contributed by atoms with Crippen LogP contribution in [0.25, 0.3) is 0 Å². The first-order valence-electron chi connectivity index (χ1n) is 12.0. The molecule has 214 valence electrons. The van der Waals surface area contributed by atoms with Gasteiger partial charge in [-0.1, -0.05) is 42.5 Å². The van der Waals surface area contributed by atoms with Crippen LogP contribution in [-0.2, 0) is 33.8 Å². The fourth-order valence-corrected chi connectivity index (χ4v) is 5.95. The predicted molar refractivity (Wildman–Crippen MR) is 152 cm³/mol. The minimum Gasteiger partial charge on any atom is -0.465 e. The molecule has 1 amide bonds. The Morgan fingerprint density at radius 1 is 0.800 bits per heavy atom. The van der Waals surface area contributed by atoms with Gasteiger partial charge in [-0.25, -0.2) is 9.36 Å². The van der Waals surface area contributed by atoms with Crippen LogP contribution < -0.4 is 9.05 Å². The summed E-state index contributed by atoms with van der Waals surface area (Å²) in [7, 11) is -1.17. The number of carbonyl (C=O) groups excluding carboxylic acids is 2. The van der Waals surface area contributed by atoms with Crippen LogP contribution >= 0.6 is 31.7 Å². The van der Waals surface area contributed by atoms with Crippen LogP contribution in [0.4, 0.5) is 4.79 Å². The second-order valence-corrected chi connectivity index (χ2v) is 11.7. The lowest BCUT2D eigenvalue weighted by Gasteiger charge is -2.27. The number of hydrogen-bond acceptors (Lipinski definition) is 11. The molecule has 0 heterocycles. The smallest absolute Gasteiger partial charge is 0.450 e. The number of benzene rings is 3. The van der Waals surface area contributed by atoms with Crippen molar-refractivity contribution in [1.82, 2.24) is 4.90 Å². The molecule has 0 N–H and O–H groups in total. The number of carbonyl (C=O) groups is 2. The van der Waals surface area contributed by atoms with Crippen LogP contribution in [0.3, 0.4) is 0 Å². The predicted octanol–water partition coefficient (Wildman–Crippen LogP) is 6.80. The van der Waals surface area contributed by atoms with Crippen molar-refractivity contribution in [2.45, 2.75) is 23.3 Å². The number of nitrogens with zero attached hydrogens (tertiary/aromatic N) is 1. The first-order chi connectivity index (χ1) is 19.3. The summed E-state index contributed by atoms with van der Waals surface area (Å²) in [5.41, 5.74) is 0.738. The molecule has 0 radical (unpaired) electrons. The molecule has 0 unspecified atom stereocenters. The van der Waals surface area contributed by atoms with Crippen molar-refractivity contribution in [2.75, 3.05) is 33.7 Å². The van der Waals surface area contributed by atoms with Crippen LogP contribution in [0.2, 0.25) is 0 Å². The Bertz CT molecular complexity index is 1240. The van der Waals surface area contributed by atoms with E-state index in [0.29, 0.717) is 9.79 Å². The molecule has 13 heteroatoms. The number of esters is 1. The Balaban J connectivity index is 1.91. The van der Waals surface area contributed by atoms with Crippen LogP contribution in [0.5, 0.6) is 11.5 Å². The molecule has 3 aromatic carbocycles. The number of amides is 1. The van der Waals surface area contributed by atoms with E-state index in [1.165, 1.54) is 14.2 Å². The van der Waals surface area contributed by atoms with Gasteiger partial charge < -0.3 is 26.9 Å². The van der Waals surface area contributed by atoms with E-state index in [2.05, 4.69) is 0 Å². The first kappa shape index (κ1) is 31.4. The molecule has 0 spiro atoms. The molecule has 10 nitrogen and oxygen atoms in total. The summed E-state index contributed by atoms with van der Waals surface area (Å²) in [6.45, 7) is 1.16. The zero-order valence-electron chi connectivity index (χ0n) is 22.2. The Hall–Kier alpha value is -3.15. The maximum Gasteiger partial charge on any atom is 0.450 e. The normalized spacial score (nSPS) is 11.0. The van der Waals surface area contributed by atoms with Crippen molar-refractivity contribution >= 4 is 43.7 Å². The Kier molecular flexibility index (Phi) is 12.7. The average molecular weight is 608 g/mol. The summed E-state index contributed by atoms with van der Waals surface area (Å²) in [5, 5.41) is 0. The third kappa shape index (κ3) is 10.4. The maximum absolute atomic E-state index is 14.3. The second kappa shape index (κ2) is 16.2. The molecule has 0 aliphatic carbocycles. The lowest BCUT2D eigenvalue weighted by atomic mass is 10.2. The number of hydrogen-bond donors (Lipinski definition) is 0. The summed E-state index contributed by atoms with van der Waals surface area (Å²) in [6.07, 6.45) is -1.50. The summed E-state index contributed by atoms with van der Waals surface area (Å²) < 4.78 is 46.7. The zero-order chi connectivity index (χ0) is 28.8. The topological polar surface area (TPSA) is 110 Å². The summed E-state index contributed by atoms with van der Waals surface area (Å²) in [6, 6.07) is 22.4. The standard InChI is InChI=1S/C27H30NO9PS2/c1-4-34-26(29)18-28(27(30)35-19-21-10-6-5-7-11-21)20-38(31,36-22-12-8-14-24(16-22)39-32-2)37-23-13-9-15-25(17-23)40-33-3/h5-17H,4,18-20H2,1-3H3. The fraction of sp³-hybridized carbons (Fsp3) is 0.259. The SMILES string of the molecule is CCOC(=O)CN(CP(=O)(Oc1cccc(SOC)c1)Oc1cccc(SOC)c1)C(=O)OCc1ccccc1. The molecule has 3 aromatic rings. The minimum absolute atomic E-state index is 0.0579. The summed E-state index contributed by atoms with van der Waals surface area (Å²) in [5.74, 6) is -0.286. The van der Waals surface area contributed by atoms with Gasteiger partial charge in [0, 0.05) is 33.9 Å². The van der Waals surface area contributed by atoms with Crippen molar-refractivity contribution in [3.63, 3.8) is 0 Å². The highest BCUT2D eigenvalue weighted by atomic mass is 32.2. The Morgan fingerprint density at radius 2 is 1.38 bits per heavy atom. The Labute approximate surface area is 242 Å². The Morgan fingerprint density at radius 3 is 1.90 bits per heavy atom. The highest BCUT2D eigenvalue weighted by Gasteiger charge is 2.36. The molecule has 0 atom stereocenters. The molecule has 0 saturated carbocycles. The van der Waals surface area contributed by atoms with Gasteiger partial charge in [-0.05, 0) is 48.9 Å². The quantitative estimate of drug-likeness (QED) is 0.103. The van der Waals surface area contributed by atoms with Crippen molar-refractivity contribution in [3.8, 4) is 11.5 Å². The van der Waals surface area contributed by atoms with Crippen molar-refractivity contribution in [3.05, 3.63) is 84.4 Å². The summed E-state index contributed by atoms with van der Waals surface area (Å²) in [4.78, 5) is 27.9. The average Bonchev–Trinajstić information content (AvgIpc) is 2.93. The first-order valence-corrected chi connectivity index (χ1v) is 15.3. The number of ether oxygens (including phenoxy) is 2. The van der Waals surface area contributed by atoms with Gasteiger partial charge in [-0.2, -0.15) is 0 Å². The molecule has 0 aliphatic rings. The fourth-order valence-electron chi connectivity index (χ4n) is 3.31. The highest BCUT2D eigenvalue weighted by Crippen LogP contribution is 2.50. The van der Waals surface area contributed by atoms with E-state index in [4.69, 9.17) is 26.9 Å². The van der Waals surface area contributed by atoms with Gasteiger partial charge in [0.15, 0.2) is 0 Å². The molecule has 0 aliphatic heterocycles. The molecular weight excluding hydrogens is 577 g/mol. The van der Waals surface area contributed by atoms with E-state index in [1.54, 1.807) is 79.7 Å². The third-order valence-electron chi connectivity index (χ3n) is 4.89. The van der Waals surface area contributed by atoms with Crippen molar-refractivity contribution in [1.29, 1.82) is 0 Å². The molecule has 3 rings (SSSR count). The van der Waals surface area contributed by atoms with Gasteiger partial charge in [-0.15, -0.1) is 0 Å². The zero-order valence-corrected chi connectivity index (χ0v) is 24.7. The van der Waals surface area contributed by atoms with Crippen LogP contribution in [0, 0.1) is 0 Å². The molecule has 0 aromatic heterocycles. The van der Waals surface area contributed by atoms with Crippen LogP contribution in [0.15, 0.2) is 88.7 Å². The van der Waals surface area contributed by atoms with Crippen LogP contribution in [0.1, 0.15) is 12.5 Å². The maximum atomic E-state index is 14.3. The largest absolute Gasteiger partial charge is 0.465 e. The van der Waals surface area contributed by atoms with E-state index in [9.17, 15) is 14.2 Å². The lowest BCUT2D eigenvalue weighted by molar-refractivity contribution is -0.143. The van der Waals surface area contributed by atoms with Crippen LogP contribution in [-0.4, -0.2) is 50.6 Å². The van der Waals surface area contributed by atoms with E-state index in [0.717, 1.165) is 34.5 Å². The van der Waals surface area contributed by atoms with Gasteiger partial charge in [0.1, 0.15) is 30.9 Å². The molecule has 0 saturated heterocycles. The van der Waals surface area contributed by atoms with Gasteiger partial charge in [-0.3, -0.25) is 9.69 Å². The van der Waals surface area contributed by atoms with E-state index in [1.807, 2.05) is 6.07 Å². The monoisotopic (exact) mass is 607 g/mol. The van der Waals surface area contributed by atoms with Crippen molar-refractivity contribution < 1.29 is 41.0 Å². The van der Waals surface area contributed by atoms with Gasteiger partial charge in [0.2, 0.25) is 0 Å². The van der Waals surface area contributed by atoms with E-state index < -0.39 is 32.5 Å². The number of rotatable bonds is 15. The molecule has 0 fully saturated rings. The van der Waals surface area contributed by atoms with E-state index in [-0.39, 0.29) is 24.7 Å². The lowest BCUT2D eigenvalue weighted by Crippen LogP contribution is -2.38. The highest BCUT2D eigenvalue weighted by molar-refractivity contribution is 7.94. The van der Waals surface area contributed by atoms with E-state index >= 15 is 0 Å². The van der Waals surface area contributed by atoms with Crippen molar-refractivity contribution in [2.24, 2.45) is 0 Å². The minimum atomic E-state index is -4.20.